The van der Waals surface area contributed by atoms with Crippen molar-refractivity contribution in [2.24, 2.45) is 11.1 Å². The monoisotopic (exact) mass is 286 g/mol. The summed E-state index contributed by atoms with van der Waals surface area (Å²) in [6.07, 6.45) is 4.94. The SMILES string of the molecule is NC(=O)c1cccc(N2C(=O)CC3(CCCC3)CC2=O)c1. The minimum absolute atomic E-state index is 0.119. The molecule has 1 saturated carbocycles. The van der Waals surface area contributed by atoms with E-state index in [0.29, 0.717) is 24.1 Å². The maximum Gasteiger partial charge on any atom is 0.248 e. The van der Waals surface area contributed by atoms with Crippen LogP contribution in [0.3, 0.4) is 0 Å². The van der Waals surface area contributed by atoms with Crippen molar-refractivity contribution in [3.05, 3.63) is 29.8 Å². The van der Waals surface area contributed by atoms with Crippen LogP contribution in [0, 0.1) is 5.41 Å². The summed E-state index contributed by atoms with van der Waals surface area (Å²) in [5.41, 5.74) is 5.87. The van der Waals surface area contributed by atoms with Gasteiger partial charge >= 0.3 is 0 Å². The number of nitrogens with two attached hydrogens (primary N) is 1. The standard InChI is InChI=1S/C16H18N2O3/c17-15(21)11-4-3-5-12(8-11)18-13(19)9-16(10-14(18)20)6-1-2-7-16/h3-5,8H,1-2,6-7,9-10H2,(H2,17,21). The molecule has 0 aromatic heterocycles. The number of primary amides is 1. The van der Waals surface area contributed by atoms with Gasteiger partial charge in [0.15, 0.2) is 0 Å². The van der Waals surface area contributed by atoms with Crippen LogP contribution in [0.25, 0.3) is 0 Å². The number of hydrogen-bond acceptors (Lipinski definition) is 3. The Morgan fingerprint density at radius 2 is 1.71 bits per heavy atom. The van der Waals surface area contributed by atoms with Gasteiger partial charge in [0, 0.05) is 18.4 Å². The van der Waals surface area contributed by atoms with Gasteiger partial charge in [0.05, 0.1) is 5.69 Å². The predicted molar refractivity (Wildman–Crippen MR) is 77.6 cm³/mol. The Kier molecular flexibility index (Phi) is 3.27. The van der Waals surface area contributed by atoms with Gasteiger partial charge in [-0.2, -0.15) is 0 Å². The summed E-state index contributed by atoms with van der Waals surface area (Å²) in [6.45, 7) is 0. The van der Waals surface area contributed by atoms with Gasteiger partial charge in [-0.25, -0.2) is 0 Å². The molecule has 5 heteroatoms. The molecule has 1 heterocycles. The predicted octanol–water partition coefficient (Wildman–Crippen LogP) is 2.00. The molecule has 3 rings (SSSR count). The van der Waals surface area contributed by atoms with Crippen LogP contribution >= 0.6 is 0 Å². The van der Waals surface area contributed by atoms with Crippen molar-refractivity contribution in [3.63, 3.8) is 0 Å². The van der Waals surface area contributed by atoms with Crippen LogP contribution in [0.5, 0.6) is 0 Å². The molecular weight excluding hydrogens is 268 g/mol. The highest BCUT2D eigenvalue weighted by Crippen LogP contribution is 2.47. The average molecular weight is 286 g/mol. The lowest BCUT2D eigenvalue weighted by atomic mass is 9.76. The van der Waals surface area contributed by atoms with E-state index in [1.54, 1.807) is 18.2 Å². The molecule has 0 radical (unpaired) electrons. The number of benzene rings is 1. The zero-order valence-corrected chi connectivity index (χ0v) is 11.8. The van der Waals surface area contributed by atoms with E-state index in [-0.39, 0.29) is 17.2 Å². The summed E-state index contributed by atoms with van der Waals surface area (Å²) >= 11 is 0. The molecule has 1 aromatic rings. The minimum atomic E-state index is -0.568. The summed E-state index contributed by atoms with van der Waals surface area (Å²) in [5.74, 6) is -0.912. The van der Waals surface area contributed by atoms with Crippen molar-refractivity contribution >= 4 is 23.4 Å². The Labute approximate surface area is 123 Å². The van der Waals surface area contributed by atoms with E-state index in [2.05, 4.69) is 0 Å². The number of carbonyl (C=O) groups excluding carboxylic acids is 3. The number of imide groups is 1. The molecule has 0 atom stereocenters. The van der Waals surface area contributed by atoms with Crippen LogP contribution < -0.4 is 10.6 Å². The molecule has 0 unspecified atom stereocenters. The van der Waals surface area contributed by atoms with E-state index in [1.807, 2.05) is 0 Å². The highest BCUT2D eigenvalue weighted by atomic mass is 16.2. The number of rotatable bonds is 2. The maximum atomic E-state index is 12.4. The van der Waals surface area contributed by atoms with Gasteiger partial charge in [-0.3, -0.25) is 19.3 Å². The van der Waals surface area contributed by atoms with Gasteiger partial charge in [-0.15, -0.1) is 0 Å². The molecule has 3 amide bonds. The largest absolute Gasteiger partial charge is 0.366 e. The highest BCUT2D eigenvalue weighted by Gasteiger charge is 2.45. The molecule has 2 N–H and O–H groups in total. The molecule has 1 saturated heterocycles. The number of amides is 3. The van der Waals surface area contributed by atoms with Crippen LogP contribution in [0.4, 0.5) is 5.69 Å². The molecule has 2 fully saturated rings. The van der Waals surface area contributed by atoms with E-state index in [1.165, 1.54) is 11.0 Å². The first-order chi connectivity index (χ1) is 10.0. The summed E-state index contributed by atoms with van der Waals surface area (Å²) in [6, 6.07) is 6.37. The van der Waals surface area contributed by atoms with Crippen molar-refractivity contribution in [1.82, 2.24) is 0 Å². The first-order valence-corrected chi connectivity index (χ1v) is 7.26. The maximum absolute atomic E-state index is 12.4. The molecular formula is C16H18N2O3. The molecule has 21 heavy (non-hydrogen) atoms. The van der Waals surface area contributed by atoms with Gasteiger partial charge in [-0.1, -0.05) is 18.9 Å². The molecule has 5 nitrogen and oxygen atoms in total. The Morgan fingerprint density at radius 3 is 2.29 bits per heavy atom. The molecule has 110 valence electrons. The fraction of sp³-hybridized carbons (Fsp3) is 0.438. The molecule has 1 aliphatic heterocycles. The van der Waals surface area contributed by atoms with Gasteiger partial charge < -0.3 is 5.73 Å². The quantitative estimate of drug-likeness (QED) is 0.844. The molecule has 1 spiro atoms. The van der Waals surface area contributed by atoms with Crippen molar-refractivity contribution in [1.29, 1.82) is 0 Å². The summed E-state index contributed by atoms with van der Waals surface area (Å²) in [5, 5.41) is 0. The van der Waals surface area contributed by atoms with E-state index < -0.39 is 5.91 Å². The Balaban J connectivity index is 1.89. The number of hydrogen-bond donors (Lipinski definition) is 1. The molecule has 1 aromatic carbocycles. The topological polar surface area (TPSA) is 80.5 Å². The normalized spacial score (nSPS) is 21.0. The molecule has 1 aliphatic carbocycles. The molecule has 0 bridgehead atoms. The summed E-state index contributed by atoms with van der Waals surface area (Å²) < 4.78 is 0. The van der Waals surface area contributed by atoms with Gasteiger partial charge in [-0.05, 0) is 36.5 Å². The molecule has 2 aliphatic rings. The fourth-order valence-corrected chi connectivity index (χ4v) is 3.57. The van der Waals surface area contributed by atoms with Crippen molar-refractivity contribution in [2.75, 3.05) is 4.90 Å². The van der Waals surface area contributed by atoms with Crippen molar-refractivity contribution in [3.8, 4) is 0 Å². The zero-order valence-electron chi connectivity index (χ0n) is 11.8. The third-order valence-corrected chi connectivity index (χ3v) is 4.60. The highest BCUT2D eigenvalue weighted by molar-refractivity contribution is 6.17. The average Bonchev–Trinajstić information content (AvgIpc) is 2.86. The Hall–Kier alpha value is -2.17. The number of carbonyl (C=O) groups is 3. The third kappa shape index (κ3) is 2.44. The van der Waals surface area contributed by atoms with Crippen molar-refractivity contribution in [2.45, 2.75) is 38.5 Å². The lowest BCUT2D eigenvalue weighted by Gasteiger charge is -2.37. The van der Waals surface area contributed by atoms with Crippen LogP contribution in [0.2, 0.25) is 0 Å². The smallest absolute Gasteiger partial charge is 0.248 e. The summed E-state index contributed by atoms with van der Waals surface area (Å²) in [4.78, 5) is 37.3. The van der Waals surface area contributed by atoms with Crippen molar-refractivity contribution < 1.29 is 14.4 Å². The number of nitrogens with zero attached hydrogens (tertiary/aromatic N) is 1. The van der Waals surface area contributed by atoms with E-state index in [0.717, 1.165) is 25.7 Å². The van der Waals surface area contributed by atoms with Crippen LogP contribution in [0.1, 0.15) is 48.9 Å². The lowest BCUT2D eigenvalue weighted by molar-refractivity contribution is -0.133. The number of anilines is 1. The van der Waals surface area contributed by atoms with Gasteiger partial charge in [0.25, 0.3) is 0 Å². The van der Waals surface area contributed by atoms with E-state index in [9.17, 15) is 14.4 Å². The number of piperidine rings is 1. The first-order valence-electron chi connectivity index (χ1n) is 7.26. The van der Waals surface area contributed by atoms with E-state index >= 15 is 0 Å². The minimum Gasteiger partial charge on any atom is -0.366 e. The van der Waals surface area contributed by atoms with Gasteiger partial charge in [0.1, 0.15) is 0 Å². The second-order valence-corrected chi connectivity index (χ2v) is 6.10. The Bertz CT molecular complexity index is 598. The third-order valence-electron chi connectivity index (χ3n) is 4.60. The first kappa shape index (κ1) is 13.8. The van der Waals surface area contributed by atoms with Crippen LogP contribution in [0.15, 0.2) is 24.3 Å². The zero-order chi connectivity index (χ0) is 15.0. The van der Waals surface area contributed by atoms with E-state index in [4.69, 9.17) is 5.73 Å². The Morgan fingerprint density at radius 1 is 1.10 bits per heavy atom. The van der Waals surface area contributed by atoms with Gasteiger partial charge in [0.2, 0.25) is 17.7 Å². The fourth-order valence-electron chi connectivity index (χ4n) is 3.57. The lowest BCUT2D eigenvalue weighted by Crippen LogP contribution is -2.47. The van der Waals surface area contributed by atoms with Crippen LogP contribution in [-0.2, 0) is 9.59 Å². The second kappa shape index (κ2) is 4.98. The summed E-state index contributed by atoms with van der Waals surface area (Å²) in [7, 11) is 0. The second-order valence-electron chi connectivity index (χ2n) is 6.10. The van der Waals surface area contributed by atoms with Crippen LogP contribution in [-0.4, -0.2) is 17.7 Å².